The van der Waals surface area contributed by atoms with E-state index in [1.165, 1.54) is 12.3 Å². The quantitative estimate of drug-likeness (QED) is 0.744. The van der Waals surface area contributed by atoms with Crippen molar-refractivity contribution in [3.63, 3.8) is 0 Å². The number of aromatic nitrogens is 2. The van der Waals surface area contributed by atoms with Crippen LogP contribution in [-0.4, -0.2) is 36.6 Å². The molecule has 2 aromatic rings. The van der Waals surface area contributed by atoms with Gasteiger partial charge < -0.3 is 10.1 Å². The van der Waals surface area contributed by atoms with Gasteiger partial charge in [-0.05, 0) is 37.8 Å². The molecule has 1 N–H and O–H groups in total. The molecule has 1 amide bonds. The fourth-order valence-corrected chi connectivity index (χ4v) is 3.64. The molecule has 0 saturated heterocycles. The molecule has 0 spiro atoms. The molecule has 1 atom stereocenters. The van der Waals surface area contributed by atoms with Crippen molar-refractivity contribution in [3.05, 3.63) is 59.4 Å². The highest BCUT2D eigenvalue weighted by molar-refractivity contribution is 7.93. The first-order valence-corrected chi connectivity index (χ1v) is 11.5. The second-order valence-corrected chi connectivity index (χ2v) is 9.49. The van der Waals surface area contributed by atoms with Gasteiger partial charge in [0.25, 0.3) is 5.91 Å². The monoisotopic (exact) mass is 415 g/mol. The Morgan fingerprint density at radius 3 is 2.59 bits per heavy atom. The number of amides is 1. The van der Waals surface area contributed by atoms with Gasteiger partial charge in [0, 0.05) is 29.8 Å². The number of nitrogens with zero attached hydrogens (tertiary/aromatic N) is 2. The molecule has 1 fully saturated rings. The lowest BCUT2D eigenvalue weighted by atomic mass is 9.76. The molecule has 0 bridgehead atoms. The summed E-state index contributed by atoms with van der Waals surface area (Å²) in [5.41, 5.74) is 0.199. The molecule has 1 aromatic heterocycles. The number of carbonyl (C=O) groups is 1. The van der Waals surface area contributed by atoms with Crippen molar-refractivity contribution in [2.45, 2.75) is 38.6 Å². The van der Waals surface area contributed by atoms with E-state index in [4.69, 9.17) is 4.74 Å². The third-order valence-electron chi connectivity index (χ3n) is 4.69. The maximum absolute atomic E-state index is 12.8. The maximum atomic E-state index is 12.8. The van der Waals surface area contributed by atoms with Crippen LogP contribution in [0, 0.1) is 5.92 Å². The van der Waals surface area contributed by atoms with Gasteiger partial charge in [-0.2, -0.15) is 4.98 Å². The largest absolute Gasteiger partial charge is 0.438 e. The molecule has 3 rings (SSSR count). The Labute approximate surface area is 171 Å². The Morgan fingerprint density at radius 1 is 1.28 bits per heavy atom. The fraction of sp³-hybridized carbons (Fsp3) is 0.381. The summed E-state index contributed by atoms with van der Waals surface area (Å²) >= 11 is 0. The molecule has 154 valence electrons. The van der Waals surface area contributed by atoms with Gasteiger partial charge in [0.15, 0.2) is 9.84 Å². The Kier molecular flexibility index (Phi) is 6.32. The zero-order valence-electron chi connectivity index (χ0n) is 16.7. The van der Waals surface area contributed by atoms with Gasteiger partial charge >= 0.3 is 0 Å². The van der Waals surface area contributed by atoms with Crippen LogP contribution in [0.15, 0.2) is 48.0 Å². The summed E-state index contributed by atoms with van der Waals surface area (Å²) in [5.74, 6) is 1.92. The van der Waals surface area contributed by atoms with E-state index in [0.717, 1.165) is 24.5 Å². The molecule has 1 saturated carbocycles. The van der Waals surface area contributed by atoms with Gasteiger partial charge in [0.05, 0.1) is 0 Å². The third kappa shape index (κ3) is 5.87. The SMILES string of the molecule is CC1CC(c2ncc(C(=O)N[C@@H](C)/C=C/S(C)(=O)=O)c(Oc3ccccc3)n2)C1. The predicted molar refractivity (Wildman–Crippen MR) is 111 cm³/mol. The van der Waals surface area contributed by atoms with Crippen LogP contribution in [0.4, 0.5) is 0 Å². The lowest BCUT2D eigenvalue weighted by Gasteiger charge is -2.31. The van der Waals surface area contributed by atoms with Crippen LogP contribution >= 0.6 is 0 Å². The Balaban J connectivity index is 1.84. The van der Waals surface area contributed by atoms with Crippen LogP contribution in [0.25, 0.3) is 0 Å². The van der Waals surface area contributed by atoms with Crippen molar-refractivity contribution < 1.29 is 17.9 Å². The average molecular weight is 416 g/mol. The molecule has 8 heteroatoms. The van der Waals surface area contributed by atoms with Crippen molar-refractivity contribution in [2.75, 3.05) is 6.26 Å². The topological polar surface area (TPSA) is 98.2 Å². The first-order chi connectivity index (χ1) is 13.7. The first-order valence-electron chi connectivity index (χ1n) is 9.50. The van der Waals surface area contributed by atoms with E-state index in [-0.39, 0.29) is 17.4 Å². The number of para-hydroxylation sites is 1. The molecule has 1 aliphatic carbocycles. The number of sulfone groups is 1. The molecule has 7 nitrogen and oxygen atoms in total. The fourth-order valence-electron chi connectivity index (χ4n) is 3.12. The lowest BCUT2D eigenvalue weighted by molar-refractivity contribution is 0.0943. The van der Waals surface area contributed by atoms with E-state index in [1.807, 2.05) is 18.2 Å². The Hall–Kier alpha value is -2.74. The zero-order chi connectivity index (χ0) is 21.0. The molecular weight excluding hydrogens is 390 g/mol. The minimum absolute atomic E-state index is 0.192. The normalized spacial score (nSPS) is 20.1. The number of nitrogens with one attached hydrogen (secondary N) is 1. The van der Waals surface area contributed by atoms with Gasteiger partial charge in [0.2, 0.25) is 5.88 Å². The highest BCUT2D eigenvalue weighted by Gasteiger charge is 2.30. The van der Waals surface area contributed by atoms with Gasteiger partial charge in [-0.1, -0.05) is 31.2 Å². The van der Waals surface area contributed by atoms with Crippen molar-refractivity contribution in [3.8, 4) is 11.6 Å². The van der Waals surface area contributed by atoms with Crippen molar-refractivity contribution in [1.29, 1.82) is 0 Å². The summed E-state index contributed by atoms with van der Waals surface area (Å²) in [6, 6.07) is 8.62. The summed E-state index contributed by atoms with van der Waals surface area (Å²) in [5, 5.41) is 3.79. The van der Waals surface area contributed by atoms with Crippen molar-refractivity contribution in [2.24, 2.45) is 5.92 Å². The standard InChI is InChI=1S/C21H25N3O4S/c1-14-11-16(12-14)19-22-13-18(20(25)23-15(2)9-10-29(3,26)27)21(24-19)28-17-7-5-4-6-8-17/h4-10,13-16H,11-12H2,1-3H3,(H,23,25)/b10-9+/t14?,15-,16?/m0/s1. The molecule has 1 heterocycles. The van der Waals surface area contributed by atoms with Crippen LogP contribution < -0.4 is 10.1 Å². The average Bonchev–Trinajstić information content (AvgIpc) is 2.64. The maximum Gasteiger partial charge on any atom is 0.258 e. The number of hydrogen-bond acceptors (Lipinski definition) is 6. The summed E-state index contributed by atoms with van der Waals surface area (Å²) in [7, 11) is -3.27. The zero-order valence-corrected chi connectivity index (χ0v) is 17.5. The number of hydrogen-bond donors (Lipinski definition) is 1. The van der Waals surface area contributed by atoms with E-state index < -0.39 is 21.8 Å². The van der Waals surface area contributed by atoms with Crippen molar-refractivity contribution >= 4 is 15.7 Å². The second-order valence-electron chi connectivity index (χ2n) is 7.56. The number of carbonyl (C=O) groups excluding carboxylic acids is 1. The number of rotatable bonds is 7. The predicted octanol–water partition coefficient (Wildman–Crippen LogP) is 3.46. The van der Waals surface area contributed by atoms with E-state index in [9.17, 15) is 13.2 Å². The van der Waals surface area contributed by atoms with Crippen LogP contribution in [0.1, 0.15) is 48.8 Å². The van der Waals surface area contributed by atoms with Crippen LogP contribution in [-0.2, 0) is 9.84 Å². The molecule has 0 aliphatic heterocycles. The molecule has 1 aliphatic rings. The van der Waals surface area contributed by atoms with Crippen LogP contribution in [0.5, 0.6) is 11.6 Å². The molecule has 1 aromatic carbocycles. The van der Waals surface area contributed by atoms with E-state index >= 15 is 0 Å². The Morgan fingerprint density at radius 2 is 1.97 bits per heavy atom. The molecule has 0 radical (unpaired) electrons. The Bertz CT molecular complexity index is 1000. The summed E-state index contributed by atoms with van der Waals surface area (Å²) in [6.07, 6.45) is 6.02. The molecular formula is C21H25N3O4S. The number of benzene rings is 1. The van der Waals surface area contributed by atoms with E-state index in [1.54, 1.807) is 19.1 Å². The van der Waals surface area contributed by atoms with Gasteiger partial charge in [0.1, 0.15) is 17.1 Å². The smallest absolute Gasteiger partial charge is 0.258 e. The summed E-state index contributed by atoms with van der Waals surface area (Å²) in [4.78, 5) is 21.7. The van der Waals surface area contributed by atoms with Crippen LogP contribution in [0.3, 0.4) is 0 Å². The summed E-state index contributed by atoms with van der Waals surface area (Å²) < 4.78 is 28.4. The third-order valence-corrected chi connectivity index (χ3v) is 5.34. The lowest BCUT2D eigenvalue weighted by Crippen LogP contribution is -2.32. The minimum Gasteiger partial charge on any atom is -0.438 e. The number of ether oxygens (including phenoxy) is 1. The van der Waals surface area contributed by atoms with E-state index in [0.29, 0.717) is 17.5 Å². The highest BCUT2D eigenvalue weighted by atomic mass is 32.2. The van der Waals surface area contributed by atoms with Crippen molar-refractivity contribution in [1.82, 2.24) is 15.3 Å². The molecule has 0 unspecified atom stereocenters. The van der Waals surface area contributed by atoms with Gasteiger partial charge in [-0.15, -0.1) is 0 Å². The van der Waals surface area contributed by atoms with Gasteiger partial charge in [-0.3, -0.25) is 4.79 Å². The van der Waals surface area contributed by atoms with Gasteiger partial charge in [-0.25, -0.2) is 13.4 Å². The van der Waals surface area contributed by atoms with E-state index in [2.05, 4.69) is 22.2 Å². The first kappa shape index (κ1) is 21.0. The molecule has 29 heavy (non-hydrogen) atoms. The minimum atomic E-state index is -3.27. The highest BCUT2D eigenvalue weighted by Crippen LogP contribution is 2.40. The van der Waals surface area contributed by atoms with Crippen LogP contribution in [0.2, 0.25) is 0 Å². The second kappa shape index (κ2) is 8.73. The summed E-state index contributed by atoms with van der Waals surface area (Å²) in [6.45, 7) is 3.87.